The average Bonchev–Trinajstić information content (AvgIpc) is 2.54. The molecular weight excluding hydrogens is 210 g/mol. The number of rotatable bonds is 4. The first kappa shape index (κ1) is 13.4. The van der Waals surface area contributed by atoms with E-state index in [0.29, 0.717) is 13.2 Å². The molecule has 0 aliphatic carbocycles. The molecule has 0 aromatic carbocycles. The summed E-state index contributed by atoms with van der Waals surface area (Å²) in [5.74, 6) is -0.699. The molecule has 1 fully saturated rings. The molecule has 1 aliphatic rings. The molecule has 1 unspecified atom stereocenters. The van der Waals surface area contributed by atoms with Gasteiger partial charge in [0.25, 0.3) is 5.91 Å². The molecule has 1 heterocycles. The van der Waals surface area contributed by atoms with Gasteiger partial charge in [-0.3, -0.25) is 4.79 Å². The Morgan fingerprint density at radius 2 is 2.19 bits per heavy atom. The number of nitrogens with one attached hydrogen (secondary N) is 1. The van der Waals surface area contributed by atoms with Gasteiger partial charge in [-0.25, -0.2) is 0 Å². The molecule has 1 N–H and O–H groups in total. The van der Waals surface area contributed by atoms with Crippen LogP contribution >= 0.6 is 0 Å². The van der Waals surface area contributed by atoms with Gasteiger partial charge in [-0.2, -0.15) is 0 Å². The fourth-order valence-electron chi connectivity index (χ4n) is 1.38. The Hall–Kier alpha value is -0.650. The zero-order chi connectivity index (χ0) is 12.4. The molecule has 0 radical (unpaired) electrons. The van der Waals surface area contributed by atoms with E-state index < -0.39 is 11.4 Å². The smallest absolute Gasteiger partial charge is 0.251 e. The van der Waals surface area contributed by atoms with Crippen molar-refractivity contribution in [1.29, 1.82) is 0 Å². The first-order valence-corrected chi connectivity index (χ1v) is 5.42. The van der Waals surface area contributed by atoms with Crippen LogP contribution in [0.5, 0.6) is 0 Å². The van der Waals surface area contributed by atoms with Crippen LogP contribution in [0.1, 0.15) is 27.7 Å². The highest BCUT2D eigenvalue weighted by molar-refractivity contribution is 5.84. The molecule has 5 heteroatoms. The quantitative estimate of drug-likeness (QED) is 0.773. The van der Waals surface area contributed by atoms with Gasteiger partial charge in [0.2, 0.25) is 0 Å². The van der Waals surface area contributed by atoms with E-state index >= 15 is 0 Å². The van der Waals surface area contributed by atoms with Crippen molar-refractivity contribution in [1.82, 2.24) is 5.32 Å². The zero-order valence-corrected chi connectivity index (χ0v) is 10.6. The Kier molecular flexibility index (Phi) is 3.93. The van der Waals surface area contributed by atoms with Gasteiger partial charge in [0.1, 0.15) is 11.7 Å². The second-order valence-electron chi connectivity index (χ2n) is 4.88. The number of hydrogen-bond acceptors (Lipinski definition) is 4. The standard InChI is InChI=1S/C11H21NO4/c1-10(2,14-5)9(13)12-6-8-7-15-11(3,4)16-8/h8H,6-7H2,1-5H3,(H,12,13). The number of carbonyl (C=O) groups is 1. The van der Waals surface area contributed by atoms with Crippen molar-refractivity contribution in [2.45, 2.75) is 45.2 Å². The molecule has 0 aromatic heterocycles. The molecule has 1 atom stereocenters. The minimum absolute atomic E-state index is 0.0911. The third kappa shape index (κ3) is 3.43. The third-order valence-corrected chi connectivity index (χ3v) is 2.61. The van der Waals surface area contributed by atoms with Crippen molar-refractivity contribution in [3.8, 4) is 0 Å². The molecule has 0 saturated carbocycles. The van der Waals surface area contributed by atoms with Gasteiger partial charge in [-0.15, -0.1) is 0 Å². The normalized spacial score (nSPS) is 24.4. The highest BCUT2D eigenvalue weighted by Crippen LogP contribution is 2.21. The van der Waals surface area contributed by atoms with Crippen molar-refractivity contribution in [2.24, 2.45) is 0 Å². The monoisotopic (exact) mass is 231 g/mol. The van der Waals surface area contributed by atoms with Crippen LogP contribution in [0, 0.1) is 0 Å². The molecule has 16 heavy (non-hydrogen) atoms. The maximum Gasteiger partial charge on any atom is 0.251 e. The second-order valence-corrected chi connectivity index (χ2v) is 4.88. The van der Waals surface area contributed by atoms with Crippen molar-refractivity contribution in [3.05, 3.63) is 0 Å². The van der Waals surface area contributed by atoms with Crippen LogP contribution in [-0.2, 0) is 19.0 Å². The topological polar surface area (TPSA) is 56.8 Å². The number of amides is 1. The summed E-state index contributed by atoms with van der Waals surface area (Å²) in [4.78, 5) is 11.7. The van der Waals surface area contributed by atoms with E-state index in [0.717, 1.165) is 0 Å². The Morgan fingerprint density at radius 3 is 2.62 bits per heavy atom. The van der Waals surface area contributed by atoms with E-state index in [1.54, 1.807) is 13.8 Å². The molecule has 0 bridgehead atoms. The number of hydrogen-bond donors (Lipinski definition) is 1. The third-order valence-electron chi connectivity index (χ3n) is 2.61. The largest absolute Gasteiger partial charge is 0.369 e. The van der Waals surface area contributed by atoms with Gasteiger partial charge in [0.05, 0.1) is 6.61 Å². The fourth-order valence-corrected chi connectivity index (χ4v) is 1.38. The number of methoxy groups -OCH3 is 1. The molecule has 1 amide bonds. The molecule has 1 saturated heterocycles. The summed E-state index contributed by atoms with van der Waals surface area (Å²) < 4.78 is 16.0. The van der Waals surface area contributed by atoms with E-state index in [4.69, 9.17) is 14.2 Å². The van der Waals surface area contributed by atoms with Gasteiger partial charge in [0, 0.05) is 13.7 Å². The minimum Gasteiger partial charge on any atom is -0.369 e. The average molecular weight is 231 g/mol. The predicted octanol–water partition coefficient (Wildman–Crippen LogP) is 0.679. The van der Waals surface area contributed by atoms with E-state index in [9.17, 15) is 4.79 Å². The Balaban J connectivity index is 2.34. The molecule has 94 valence electrons. The first-order valence-electron chi connectivity index (χ1n) is 5.42. The number of ether oxygens (including phenoxy) is 3. The van der Waals surface area contributed by atoms with Gasteiger partial charge in [-0.05, 0) is 27.7 Å². The highest BCUT2D eigenvalue weighted by atomic mass is 16.7. The van der Waals surface area contributed by atoms with E-state index in [1.165, 1.54) is 7.11 Å². The van der Waals surface area contributed by atoms with E-state index in [-0.39, 0.29) is 12.0 Å². The Bertz CT molecular complexity index is 263. The van der Waals surface area contributed by atoms with Crippen molar-refractivity contribution < 1.29 is 19.0 Å². The Labute approximate surface area is 96.4 Å². The van der Waals surface area contributed by atoms with Gasteiger partial charge < -0.3 is 19.5 Å². The summed E-state index contributed by atoms with van der Waals surface area (Å²) in [7, 11) is 1.51. The minimum atomic E-state index is -0.811. The molecule has 1 aliphatic heterocycles. The molecule has 5 nitrogen and oxygen atoms in total. The van der Waals surface area contributed by atoms with Crippen LogP contribution in [0.4, 0.5) is 0 Å². The maximum absolute atomic E-state index is 11.7. The van der Waals surface area contributed by atoms with Crippen LogP contribution in [0.25, 0.3) is 0 Å². The summed E-state index contributed by atoms with van der Waals surface area (Å²) in [6.07, 6.45) is -0.0911. The van der Waals surface area contributed by atoms with Crippen LogP contribution in [0.15, 0.2) is 0 Å². The maximum atomic E-state index is 11.7. The fraction of sp³-hybridized carbons (Fsp3) is 0.909. The van der Waals surface area contributed by atoms with Crippen LogP contribution in [0.2, 0.25) is 0 Å². The molecule has 1 rings (SSSR count). The molecule has 0 aromatic rings. The summed E-state index contributed by atoms with van der Waals surface area (Å²) in [6.45, 7) is 8.09. The predicted molar refractivity (Wildman–Crippen MR) is 59.0 cm³/mol. The van der Waals surface area contributed by atoms with Crippen molar-refractivity contribution >= 4 is 5.91 Å². The summed E-state index contributed by atoms with van der Waals surface area (Å²) in [5, 5.41) is 2.78. The highest BCUT2D eigenvalue weighted by Gasteiger charge is 2.34. The van der Waals surface area contributed by atoms with Gasteiger partial charge in [-0.1, -0.05) is 0 Å². The second kappa shape index (κ2) is 4.69. The summed E-state index contributed by atoms with van der Waals surface area (Å²) in [6, 6.07) is 0. The number of carbonyl (C=O) groups excluding carboxylic acids is 1. The van der Waals surface area contributed by atoms with E-state index in [2.05, 4.69) is 5.32 Å². The summed E-state index contributed by atoms with van der Waals surface area (Å²) in [5.41, 5.74) is -0.811. The Morgan fingerprint density at radius 1 is 1.56 bits per heavy atom. The van der Waals surface area contributed by atoms with Crippen LogP contribution < -0.4 is 5.32 Å². The van der Waals surface area contributed by atoms with Crippen LogP contribution in [0.3, 0.4) is 0 Å². The molecule has 0 spiro atoms. The lowest BCUT2D eigenvalue weighted by Crippen LogP contribution is -2.46. The van der Waals surface area contributed by atoms with Crippen molar-refractivity contribution in [3.63, 3.8) is 0 Å². The summed E-state index contributed by atoms with van der Waals surface area (Å²) >= 11 is 0. The SMILES string of the molecule is COC(C)(C)C(=O)NCC1COC(C)(C)O1. The van der Waals surface area contributed by atoms with E-state index in [1.807, 2.05) is 13.8 Å². The lowest BCUT2D eigenvalue weighted by molar-refractivity contribution is -0.145. The molecular formula is C11H21NO4. The van der Waals surface area contributed by atoms with Crippen LogP contribution in [-0.4, -0.2) is 43.7 Å². The van der Waals surface area contributed by atoms with Gasteiger partial charge in [0.15, 0.2) is 5.79 Å². The lowest BCUT2D eigenvalue weighted by Gasteiger charge is -2.23. The lowest BCUT2D eigenvalue weighted by atomic mass is 10.1. The first-order chi connectivity index (χ1) is 7.27. The van der Waals surface area contributed by atoms with Crippen molar-refractivity contribution in [2.75, 3.05) is 20.3 Å². The zero-order valence-electron chi connectivity index (χ0n) is 10.6. The van der Waals surface area contributed by atoms with Gasteiger partial charge >= 0.3 is 0 Å².